The Bertz CT molecular complexity index is 949. The van der Waals surface area contributed by atoms with Gasteiger partial charge < -0.3 is 9.73 Å². The van der Waals surface area contributed by atoms with E-state index >= 15 is 0 Å². The standard InChI is InChI=1S/C16H17Cl2N3O4S2/c1-9(15(22)19-13-7-11(17)2-3-12(13)18)26-16-21-20-14(25-16)6-10-4-5-27(23,24)8-10/h2-3,7,9-10H,4-6,8H2,1H3,(H,19,22)/t9-,10+/m1/s1. The fraction of sp³-hybridized carbons (Fsp3) is 0.438. The largest absolute Gasteiger partial charge is 0.416 e. The maximum absolute atomic E-state index is 12.3. The maximum atomic E-state index is 12.3. The lowest BCUT2D eigenvalue weighted by Crippen LogP contribution is -2.22. The molecule has 1 fully saturated rings. The number of nitrogens with zero attached hydrogens (tertiary/aromatic N) is 2. The summed E-state index contributed by atoms with van der Waals surface area (Å²) in [5, 5.41) is 11.2. The summed E-state index contributed by atoms with van der Waals surface area (Å²) in [6.07, 6.45) is 1.03. The van der Waals surface area contributed by atoms with E-state index in [1.54, 1.807) is 25.1 Å². The van der Waals surface area contributed by atoms with E-state index in [1.807, 2.05) is 0 Å². The Morgan fingerprint density at radius 1 is 1.41 bits per heavy atom. The molecule has 0 radical (unpaired) electrons. The summed E-state index contributed by atoms with van der Waals surface area (Å²) >= 11 is 13.1. The highest BCUT2D eigenvalue weighted by atomic mass is 35.5. The molecule has 0 bridgehead atoms. The van der Waals surface area contributed by atoms with Crippen LogP contribution in [0.3, 0.4) is 0 Å². The van der Waals surface area contributed by atoms with Crippen molar-refractivity contribution in [3.8, 4) is 0 Å². The summed E-state index contributed by atoms with van der Waals surface area (Å²) < 4.78 is 28.6. The van der Waals surface area contributed by atoms with Crippen molar-refractivity contribution in [2.45, 2.75) is 30.2 Å². The molecule has 1 aliphatic rings. The van der Waals surface area contributed by atoms with E-state index in [-0.39, 0.29) is 28.6 Å². The molecule has 146 valence electrons. The van der Waals surface area contributed by atoms with Gasteiger partial charge in [0.2, 0.25) is 11.8 Å². The van der Waals surface area contributed by atoms with E-state index in [0.717, 1.165) is 11.8 Å². The van der Waals surface area contributed by atoms with E-state index in [9.17, 15) is 13.2 Å². The Hall–Kier alpha value is -1.29. The molecule has 2 heterocycles. The fourth-order valence-electron chi connectivity index (χ4n) is 2.68. The van der Waals surface area contributed by atoms with Gasteiger partial charge in [-0.25, -0.2) is 8.42 Å². The minimum atomic E-state index is -2.94. The normalized spacial score (nSPS) is 19.7. The molecule has 2 aromatic rings. The number of benzene rings is 1. The number of halogens is 2. The summed E-state index contributed by atoms with van der Waals surface area (Å²) in [5.74, 6) is 0.447. The van der Waals surface area contributed by atoms with Crippen LogP contribution in [0.1, 0.15) is 19.2 Å². The van der Waals surface area contributed by atoms with Crippen LogP contribution in [-0.4, -0.2) is 41.3 Å². The molecular weight excluding hydrogens is 433 g/mol. The Balaban J connectivity index is 1.56. The van der Waals surface area contributed by atoms with Crippen molar-refractivity contribution in [2.75, 3.05) is 16.8 Å². The molecule has 11 heteroatoms. The second kappa shape index (κ2) is 8.38. The summed E-state index contributed by atoms with van der Waals surface area (Å²) in [5.41, 5.74) is 0.426. The van der Waals surface area contributed by atoms with Crippen LogP contribution in [0.25, 0.3) is 0 Å². The lowest BCUT2D eigenvalue weighted by Gasteiger charge is -2.11. The second-order valence-corrected chi connectivity index (χ2v) is 10.7. The first kappa shape index (κ1) is 20.4. The first-order chi connectivity index (χ1) is 12.7. The second-order valence-electron chi connectivity index (χ2n) is 6.31. The number of hydrogen-bond donors (Lipinski definition) is 1. The molecule has 7 nitrogen and oxygen atoms in total. The molecule has 1 aromatic heterocycles. The van der Waals surface area contributed by atoms with Gasteiger partial charge in [-0.1, -0.05) is 35.0 Å². The highest BCUT2D eigenvalue weighted by molar-refractivity contribution is 8.00. The Morgan fingerprint density at radius 3 is 2.89 bits per heavy atom. The van der Waals surface area contributed by atoms with Gasteiger partial charge in [-0.2, -0.15) is 0 Å². The van der Waals surface area contributed by atoms with Gasteiger partial charge in [0.05, 0.1) is 27.5 Å². The summed E-state index contributed by atoms with van der Waals surface area (Å²) in [6, 6.07) is 4.80. The number of carbonyl (C=O) groups is 1. The fourth-order valence-corrected chi connectivity index (χ4v) is 5.58. The average Bonchev–Trinajstić information content (AvgIpc) is 3.17. The third-order valence-electron chi connectivity index (χ3n) is 4.07. The van der Waals surface area contributed by atoms with E-state index in [4.69, 9.17) is 27.6 Å². The molecule has 3 rings (SSSR count). The van der Waals surface area contributed by atoms with Gasteiger partial charge in [-0.15, -0.1) is 10.2 Å². The molecule has 0 spiro atoms. The third-order valence-corrected chi connectivity index (χ3v) is 7.41. The number of amides is 1. The Kier molecular flexibility index (Phi) is 6.35. The van der Waals surface area contributed by atoms with Crippen LogP contribution in [-0.2, 0) is 21.1 Å². The lowest BCUT2D eigenvalue weighted by molar-refractivity contribution is -0.115. The molecule has 0 unspecified atom stereocenters. The van der Waals surface area contributed by atoms with Crippen LogP contribution >= 0.6 is 35.0 Å². The first-order valence-electron chi connectivity index (χ1n) is 8.17. The zero-order valence-corrected chi connectivity index (χ0v) is 17.5. The third kappa shape index (κ3) is 5.60. The Labute approximate surface area is 171 Å². The van der Waals surface area contributed by atoms with Crippen LogP contribution in [0.4, 0.5) is 5.69 Å². The van der Waals surface area contributed by atoms with Gasteiger partial charge in [0.25, 0.3) is 5.22 Å². The SMILES string of the molecule is C[C@@H](Sc1nnc(C[C@@H]2CCS(=O)(=O)C2)o1)C(=O)Nc1cc(Cl)ccc1Cl. The Morgan fingerprint density at radius 2 is 2.19 bits per heavy atom. The average molecular weight is 450 g/mol. The van der Waals surface area contributed by atoms with E-state index in [1.165, 1.54) is 0 Å². The van der Waals surface area contributed by atoms with Crippen LogP contribution in [0.5, 0.6) is 0 Å². The van der Waals surface area contributed by atoms with Gasteiger partial charge in [0.1, 0.15) is 0 Å². The predicted octanol–water partition coefficient (Wildman–Crippen LogP) is 3.47. The number of rotatable bonds is 6. The maximum Gasteiger partial charge on any atom is 0.277 e. The smallest absolute Gasteiger partial charge is 0.277 e. The van der Waals surface area contributed by atoms with Crippen molar-refractivity contribution >= 4 is 56.4 Å². The summed E-state index contributed by atoms with van der Waals surface area (Å²) in [7, 11) is -2.94. The molecule has 2 atom stereocenters. The van der Waals surface area contributed by atoms with E-state index < -0.39 is 15.1 Å². The monoisotopic (exact) mass is 449 g/mol. The highest BCUT2D eigenvalue weighted by Crippen LogP contribution is 2.29. The topological polar surface area (TPSA) is 102 Å². The highest BCUT2D eigenvalue weighted by Gasteiger charge is 2.29. The number of sulfone groups is 1. The molecule has 27 heavy (non-hydrogen) atoms. The molecule has 1 N–H and O–H groups in total. The molecule has 1 amide bonds. The van der Waals surface area contributed by atoms with E-state index in [2.05, 4.69) is 15.5 Å². The van der Waals surface area contributed by atoms with Crippen LogP contribution < -0.4 is 5.32 Å². The number of nitrogens with one attached hydrogen (secondary N) is 1. The van der Waals surface area contributed by atoms with Gasteiger partial charge in [-0.05, 0) is 37.5 Å². The minimum Gasteiger partial charge on any atom is -0.416 e. The molecule has 1 aromatic carbocycles. The molecule has 1 aliphatic heterocycles. The number of hydrogen-bond acceptors (Lipinski definition) is 7. The van der Waals surface area contributed by atoms with Gasteiger partial charge in [0, 0.05) is 11.4 Å². The van der Waals surface area contributed by atoms with Crippen molar-refractivity contribution in [2.24, 2.45) is 5.92 Å². The van der Waals surface area contributed by atoms with Crippen molar-refractivity contribution in [1.82, 2.24) is 10.2 Å². The number of anilines is 1. The first-order valence-corrected chi connectivity index (χ1v) is 11.6. The summed E-state index contributed by atoms with van der Waals surface area (Å²) in [6.45, 7) is 1.70. The molecule has 0 aliphatic carbocycles. The van der Waals surface area contributed by atoms with Crippen LogP contribution in [0.15, 0.2) is 27.8 Å². The zero-order chi connectivity index (χ0) is 19.6. The van der Waals surface area contributed by atoms with Crippen molar-refractivity contribution in [3.05, 3.63) is 34.1 Å². The lowest BCUT2D eigenvalue weighted by atomic mass is 10.1. The molecular formula is C16H17Cl2N3O4S2. The zero-order valence-electron chi connectivity index (χ0n) is 14.3. The quantitative estimate of drug-likeness (QED) is 0.673. The van der Waals surface area contributed by atoms with Gasteiger partial charge >= 0.3 is 0 Å². The van der Waals surface area contributed by atoms with Crippen LogP contribution in [0.2, 0.25) is 10.0 Å². The predicted molar refractivity (Wildman–Crippen MR) is 105 cm³/mol. The summed E-state index contributed by atoms with van der Waals surface area (Å²) in [4.78, 5) is 12.3. The van der Waals surface area contributed by atoms with Crippen molar-refractivity contribution < 1.29 is 17.6 Å². The van der Waals surface area contributed by atoms with Gasteiger partial charge in [-0.3, -0.25) is 4.79 Å². The van der Waals surface area contributed by atoms with Crippen molar-refractivity contribution in [1.29, 1.82) is 0 Å². The number of aromatic nitrogens is 2. The number of carbonyl (C=O) groups excluding carboxylic acids is 1. The number of thioether (sulfide) groups is 1. The van der Waals surface area contributed by atoms with E-state index in [0.29, 0.717) is 34.5 Å². The molecule has 0 saturated carbocycles. The van der Waals surface area contributed by atoms with Crippen LogP contribution in [0, 0.1) is 5.92 Å². The van der Waals surface area contributed by atoms with Crippen molar-refractivity contribution in [3.63, 3.8) is 0 Å². The molecule has 1 saturated heterocycles. The minimum absolute atomic E-state index is 0.000932. The van der Waals surface area contributed by atoms with Gasteiger partial charge in [0.15, 0.2) is 9.84 Å².